The molecule has 1 aliphatic carbocycles. The summed E-state index contributed by atoms with van der Waals surface area (Å²) >= 11 is 1.67. The van der Waals surface area contributed by atoms with E-state index in [1.54, 1.807) is 11.3 Å². The minimum Gasteiger partial charge on any atom is -0.328 e. The van der Waals surface area contributed by atoms with Crippen molar-refractivity contribution in [1.82, 2.24) is 9.88 Å². The third-order valence-corrected chi connectivity index (χ3v) is 4.41. The molecule has 2 N–H and O–H groups in total. The van der Waals surface area contributed by atoms with Crippen LogP contribution < -0.4 is 5.73 Å². The van der Waals surface area contributed by atoms with Crippen molar-refractivity contribution in [3.05, 3.63) is 16.6 Å². The van der Waals surface area contributed by atoms with Crippen LogP contribution in [0.5, 0.6) is 0 Å². The van der Waals surface area contributed by atoms with E-state index in [-0.39, 0.29) is 0 Å². The molecule has 0 aromatic carbocycles. The fraction of sp³-hybridized carbons (Fsp3) is 0.750. The van der Waals surface area contributed by atoms with Gasteiger partial charge in [0.15, 0.2) is 0 Å². The fourth-order valence-electron chi connectivity index (χ4n) is 2.46. The smallest absolute Gasteiger partial charge is 0.0795 e. The molecule has 1 unspecified atom stereocenters. The predicted octanol–water partition coefficient (Wildman–Crippen LogP) is 2.41. The average molecular weight is 239 g/mol. The molecule has 1 aromatic heterocycles. The molecule has 1 saturated carbocycles. The van der Waals surface area contributed by atoms with Gasteiger partial charge in [-0.2, -0.15) is 0 Å². The zero-order valence-corrected chi connectivity index (χ0v) is 10.9. The average Bonchev–Trinajstić information content (AvgIpc) is 2.81. The maximum Gasteiger partial charge on any atom is 0.0795 e. The lowest BCUT2D eigenvalue weighted by Crippen LogP contribution is -2.39. The van der Waals surface area contributed by atoms with Gasteiger partial charge in [0.25, 0.3) is 0 Å². The van der Waals surface area contributed by atoms with Crippen LogP contribution in [0.3, 0.4) is 0 Å². The van der Waals surface area contributed by atoms with E-state index < -0.39 is 0 Å². The number of nitrogens with zero attached hydrogens (tertiary/aromatic N) is 2. The first kappa shape index (κ1) is 12.0. The van der Waals surface area contributed by atoms with Gasteiger partial charge in [0.2, 0.25) is 0 Å². The van der Waals surface area contributed by atoms with E-state index in [1.165, 1.54) is 31.4 Å². The van der Waals surface area contributed by atoms with E-state index >= 15 is 0 Å². The molecule has 0 amide bonds. The molecule has 0 bridgehead atoms. The summed E-state index contributed by atoms with van der Waals surface area (Å²) < 4.78 is 0. The first-order chi connectivity index (χ1) is 7.68. The van der Waals surface area contributed by atoms with Crippen LogP contribution in [0.1, 0.15) is 44.3 Å². The molecular formula is C12H21N3S. The Hall–Kier alpha value is -0.450. The summed E-state index contributed by atoms with van der Waals surface area (Å²) in [4.78, 5) is 6.86. The summed E-state index contributed by atoms with van der Waals surface area (Å²) in [5.74, 6) is 0. The normalized spacial score (nSPS) is 28.2. The van der Waals surface area contributed by atoms with Crippen LogP contribution in [0.25, 0.3) is 0 Å². The van der Waals surface area contributed by atoms with E-state index in [0.29, 0.717) is 18.1 Å². The van der Waals surface area contributed by atoms with Crippen molar-refractivity contribution < 1.29 is 0 Å². The van der Waals surface area contributed by atoms with Crippen LogP contribution in [0.4, 0.5) is 0 Å². The van der Waals surface area contributed by atoms with Crippen molar-refractivity contribution in [2.24, 2.45) is 5.73 Å². The van der Waals surface area contributed by atoms with Crippen LogP contribution in [-0.2, 0) is 0 Å². The summed E-state index contributed by atoms with van der Waals surface area (Å²) in [5, 5.41) is 2.15. The van der Waals surface area contributed by atoms with Crippen molar-refractivity contribution in [3.63, 3.8) is 0 Å². The van der Waals surface area contributed by atoms with Crippen LogP contribution in [0.15, 0.2) is 10.9 Å². The second-order valence-corrected chi connectivity index (χ2v) is 5.54. The number of hydrogen-bond donors (Lipinski definition) is 1. The number of nitrogens with two attached hydrogens (primary N) is 1. The maximum atomic E-state index is 5.94. The molecule has 4 heteroatoms. The quantitative estimate of drug-likeness (QED) is 0.880. The highest BCUT2D eigenvalue weighted by Gasteiger charge is 2.25. The Kier molecular flexibility index (Phi) is 3.95. The molecular weight excluding hydrogens is 218 g/mol. The van der Waals surface area contributed by atoms with Gasteiger partial charge in [-0.05, 0) is 39.7 Å². The van der Waals surface area contributed by atoms with E-state index in [9.17, 15) is 0 Å². The third-order valence-electron chi connectivity index (χ3n) is 3.81. The van der Waals surface area contributed by atoms with Crippen molar-refractivity contribution >= 4 is 11.3 Å². The fourth-order valence-corrected chi connectivity index (χ4v) is 3.10. The summed E-state index contributed by atoms with van der Waals surface area (Å²) in [6.07, 6.45) is 4.79. The molecule has 90 valence electrons. The molecule has 1 aliphatic rings. The minimum atomic E-state index is 0.422. The third kappa shape index (κ3) is 2.62. The van der Waals surface area contributed by atoms with Crippen molar-refractivity contribution in [3.8, 4) is 0 Å². The lowest BCUT2D eigenvalue weighted by atomic mass is 9.90. The molecule has 0 saturated heterocycles. The van der Waals surface area contributed by atoms with Gasteiger partial charge in [-0.15, -0.1) is 11.3 Å². The van der Waals surface area contributed by atoms with Crippen molar-refractivity contribution in [1.29, 1.82) is 0 Å². The Labute approximate surface area is 102 Å². The molecule has 0 spiro atoms. The Morgan fingerprint density at radius 1 is 1.44 bits per heavy atom. The lowest BCUT2D eigenvalue weighted by molar-refractivity contribution is 0.139. The Bertz CT molecular complexity index is 304. The van der Waals surface area contributed by atoms with Crippen LogP contribution in [-0.4, -0.2) is 29.0 Å². The molecule has 1 fully saturated rings. The van der Waals surface area contributed by atoms with Crippen LogP contribution in [0, 0.1) is 0 Å². The monoisotopic (exact) mass is 239 g/mol. The summed E-state index contributed by atoms with van der Waals surface area (Å²) in [6, 6.07) is 1.53. The van der Waals surface area contributed by atoms with Gasteiger partial charge >= 0.3 is 0 Å². The van der Waals surface area contributed by atoms with Gasteiger partial charge in [0.05, 0.1) is 17.2 Å². The highest BCUT2D eigenvalue weighted by Crippen LogP contribution is 2.28. The summed E-state index contributed by atoms with van der Waals surface area (Å²) in [5.41, 5.74) is 9.05. The Morgan fingerprint density at radius 2 is 2.12 bits per heavy atom. The zero-order valence-electron chi connectivity index (χ0n) is 10.1. The largest absolute Gasteiger partial charge is 0.328 e. The second kappa shape index (κ2) is 5.25. The predicted molar refractivity (Wildman–Crippen MR) is 68.5 cm³/mol. The molecule has 1 atom stereocenters. The first-order valence-electron chi connectivity index (χ1n) is 6.04. The van der Waals surface area contributed by atoms with Gasteiger partial charge in [0, 0.05) is 17.5 Å². The minimum absolute atomic E-state index is 0.422. The van der Waals surface area contributed by atoms with Gasteiger partial charge in [-0.25, -0.2) is 4.98 Å². The highest BCUT2D eigenvalue weighted by molar-refractivity contribution is 7.07. The number of aromatic nitrogens is 1. The van der Waals surface area contributed by atoms with Crippen LogP contribution in [0.2, 0.25) is 0 Å². The van der Waals surface area contributed by atoms with E-state index in [4.69, 9.17) is 5.73 Å². The molecule has 0 aliphatic heterocycles. The standard InChI is InChI=1S/C12H21N3S/c1-9(12-7-16-8-14-12)15(2)11-5-3-10(13)4-6-11/h7-11H,3-6,13H2,1-2H3. The molecule has 1 heterocycles. The van der Waals surface area contributed by atoms with Crippen molar-refractivity contribution in [2.75, 3.05) is 7.05 Å². The van der Waals surface area contributed by atoms with E-state index in [0.717, 1.165) is 0 Å². The molecule has 3 nitrogen and oxygen atoms in total. The van der Waals surface area contributed by atoms with Gasteiger partial charge in [-0.3, -0.25) is 4.90 Å². The summed E-state index contributed by atoms with van der Waals surface area (Å²) in [6.45, 7) is 2.24. The molecule has 2 rings (SSSR count). The molecule has 16 heavy (non-hydrogen) atoms. The molecule has 1 aromatic rings. The summed E-state index contributed by atoms with van der Waals surface area (Å²) in [7, 11) is 2.21. The second-order valence-electron chi connectivity index (χ2n) is 4.82. The van der Waals surface area contributed by atoms with Gasteiger partial charge < -0.3 is 5.73 Å². The van der Waals surface area contributed by atoms with E-state index in [1.807, 2.05) is 5.51 Å². The highest BCUT2D eigenvalue weighted by atomic mass is 32.1. The number of rotatable bonds is 3. The number of thiazole rings is 1. The van der Waals surface area contributed by atoms with Gasteiger partial charge in [0.1, 0.15) is 0 Å². The number of hydrogen-bond acceptors (Lipinski definition) is 4. The zero-order chi connectivity index (χ0) is 11.5. The SMILES string of the molecule is CC(c1cscn1)N(C)C1CCC(N)CC1. The van der Waals surface area contributed by atoms with E-state index in [2.05, 4.69) is 29.2 Å². The lowest BCUT2D eigenvalue weighted by Gasteiger charge is -2.36. The maximum absolute atomic E-state index is 5.94. The topological polar surface area (TPSA) is 42.2 Å². The first-order valence-corrected chi connectivity index (χ1v) is 6.98. The Balaban J connectivity index is 1.94. The van der Waals surface area contributed by atoms with Gasteiger partial charge in [-0.1, -0.05) is 0 Å². The molecule has 0 radical (unpaired) electrons. The Morgan fingerprint density at radius 3 is 2.69 bits per heavy atom. The van der Waals surface area contributed by atoms with Crippen LogP contribution >= 0.6 is 11.3 Å². The van der Waals surface area contributed by atoms with Crippen molar-refractivity contribution in [2.45, 2.75) is 50.7 Å².